The molecule has 8 heteroatoms. The second-order valence-electron chi connectivity index (χ2n) is 4.78. The maximum atomic E-state index is 12.9. The molecule has 0 fully saturated rings. The van der Waals surface area contributed by atoms with Crippen molar-refractivity contribution in [1.82, 2.24) is 19.8 Å². The van der Waals surface area contributed by atoms with E-state index in [2.05, 4.69) is 27.5 Å². The Balaban J connectivity index is 1.77. The van der Waals surface area contributed by atoms with Gasteiger partial charge in [-0.3, -0.25) is 10.1 Å². The quantitative estimate of drug-likeness (QED) is 0.785. The van der Waals surface area contributed by atoms with E-state index in [4.69, 9.17) is 0 Å². The van der Waals surface area contributed by atoms with Gasteiger partial charge in [-0.1, -0.05) is 24.7 Å². The first kappa shape index (κ1) is 14.6. The van der Waals surface area contributed by atoms with Gasteiger partial charge in [0.15, 0.2) is 5.82 Å². The van der Waals surface area contributed by atoms with E-state index in [0.29, 0.717) is 15.7 Å². The van der Waals surface area contributed by atoms with Crippen LogP contribution in [0.15, 0.2) is 24.3 Å². The average Bonchev–Trinajstić information content (AvgIpc) is 3.06. The summed E-state index contributed by atoms with van der Waals surface area (Å²) in [6.45, 7) is 2.10. The van der Waals surface area contributed by atoms with Crippen molar-refractivity contribution in [3.63, 3.8) is 0 Å². The number of aryl methyl sites for hydroxylation is 1. The molecular weight excluding hydrogens is 305 g/mol. The van der Waals surface area contributed by atoms with Crippen LogP contribution in [0.4, 0.5) is 9.52 Å². The lowest BCUT2D eigenvalue weighted by Crippen LogP contribution is -2.12. The van der Waals surface area contributed by atoms with Crippen LogP contribution in [0, 0.1) is 5.82 Å². The molecule has 0 atom stereocenters. The Hall–Kier alpha value is -2.35. The van der Waals surface area contributed by atoms with Crippen molar-refractivity contribution >= 4 is 27.3 Å². The summed E-state index contributed by atoms with van der Waals surface area (Å²) >= 11 is 1.25. The number of halogens is 1. The fourth-order valence-corrected chi connectivity index (χ4v) is 2.72. The van der Waals surface area contributed by atoms with Crippen LogP contribution in [-0.2, 0) is 6.42 Å². The fraction of sp³-hybridized carbons (Fsp3) is 0.286. The summed E-state index contributed by atoms with van der Waals surface area (Å²) in [5, 5.41) is 15.6. The van der Waals surface area contributed by atoms with Gasteiger partial charge in [0.05, 0.1) is 0 Å². The number of fused-ring (bicyclic) bond motifs is 1. The zero-order valence-corrected chi connectivity index (χ0v) is 12.7. The van der Waals surface area contributed by atoms with Crippen molar-refractivity contribution in [2.75, 3.05) is 5.32 Å². The Morgan fingerprint density at radius 3 is 2.82 bits per heavy atom. The summed E-state index contributed by atoms with van der Waals surface area (Å²) in [5.41, 5.74) is 0.374. The van der Waals surface area contributed by atoms with Crippen molar-refractivity contribution in [3.8, 4) is 0 Å². The predicted molar refractivity (Wildman–Crippen MR) is 81.6 cm³/mol. The van der Waals surface area contributed by atoms with Crippen LogP contribution in [0.5, 0.6) is 0 Å². The number of hydrogen-bond donors (Lipinski definition) is 1. The lowest BCUT2D eigenvalue weighted by molar-refractivity contribution is 0.102. The van der Waals surface area contributed by atoms with Crippen molar-refractivity contribution in [2.24, 2.45) is 0 Å². The highest BCUT2D eigenvalue weighted by molar-refractivity contribution is 7.20. The molecule has 1 N–H and O–H groups in total. The molecule has 1 amide bonds. The molecule has 0 spiro atoms. The third-order valence-electron chi connectivity index (χ3n) is 3.14. The van der Waals surface area contributed by atoms with E-state index in [1.54, 1.807) is 4.52 Å². The van der Waals surface area contributed by atoms with Crippen LogP contribution in [0.1, 0.15) is 35.9 Å². The molecule has 3 rings (SSSR count). The zero-order chi connectivity index (χ0) is 15.5. The summed E-state index contributed by atoms with van der Waals surface area (Å²) in [4.78, 5) is 12.7. The number of anilines is 1. The molecule has 0 saturated carbocycles. The van der Waals surface area contributed by atoms with Gasteiger partial charge in [-0.25, -0.2) is 4.39 Å². The van der Waals surface area contributed by atoms with E-state index in [9.17, 15) is 9.18 Å². The highest BCUT2D eigenvalue weighted by Crippen LogP contribution is 2.20. The zero-order valence-electron chi connectivity index (χ0n) is 11.9. The number of rotatable bonds is 5. The van der Waals surface area contributed by atoms with Crippen molar-refractivity contribution in [3.05, 3.63) is 41.5 Å². The number of benzene rings is 1. The molecule has 0 saturated heterocycles. The van der Waals surface area contributed by atoms with Gasteiger partial charge < -0.3 is 0 Å². The Morgan fingerprint density at radius 1 is 1.32 bits per heavy atom. The Morgan fingerprint density at radius 2 is 2.09 bits per heavy atom. The summed E-state index contributed by atoms with van der Waals surface area (Å²) in [6, 6.07) is 5.35. The van der Waals surface area contributed by atoms with Gasteiger partial charge in [-0.15, -0.1) is 15.3 Å². The monoisotopic (exact) mass is 319 g/mol. The van der Waals surface area contributed by atoms with Gasteiger partial charge in [0.1, 0.15) is 5.82 Å². The molecule has 0 radical (unpaired) electrons. The van der Waals surface area contributed by atoms with Crippen LogP contribution < -0.4 is 5.32 Å². The van der Waals surface area contributed by atoms with E-state index in [-0.39, 0.29) is 11.7 Å². The molecule has 0 aliphatic heterocycles. The van der Waals surface area contributed by atoms with E-state index < -0.39 is 0 Å². The number of unbranched alkanes of at least 4 members (excludes halogenated alkanes) is 1. The Labute approximate surface area is 130 Å². The van der Waals surface area contributed by atoms with Gasteiger partial charge in [0.2, 0.25) is 10.1 Å². The molecule has 2 aromatic heterocycles. The number of aromatic nitrogens is 4. The maximum Gasteiger partial charge on any atom is 0.257 e. The molecule has 0 unspecified atom stereocenters. The van der Waals surface area contributed by atoms with Crippen molar-refractivity contribution in [1.29, 1.82) is 0 Å². The average molecular weight is 319 g/mol. The van der Waals surface area contributed by atoms with E-state index in [1.165, 1.54) is 35.6 Å². The van der Waals surface area contributed by atoms with Crippen LogP contribution in [-0.4, -0.2) is 25.7 Å². The second kappa shape index (κ2) is 6.18. The van der Waals surface area contributed by atoms with E-state index in [0.717, 1.165) is 25.1 Å². The van der Waals surface area contributed by atoms with Crippen molar-refractivity contribution in [2.45, 2.75) is 26.2 Å². The van der Waals surface area contributed by atoms with E-state index in [1.807, 2.05) is 0 Å². The summed E-state index contributed by atoms with van der Waals surface area (Å²) < 4.78 is 14.5. The molecular formula is C14H14FN5OS. The molecule has 114 valence electrons. The van der Waals surface area contributed by atoms with Gasteiger partial charge in [0, 0.05) is 12.0 Å². The third-order valence-corrected chi connectivity index (χ3v) is 3.95. The third kappa shape index (κ3) is 2.96. The fourth-order valence-electron chi connectivity index (χ4n) is 1.97. The highest BCUT2D eigenvalue weighted by Gasteiger charge is 2.14. The molecule has 2 heterocycles. The smallest absolute Gasteiger partial charge is 0.257 e. The predicted octanol–water partition coefficient (Wildman–Crippen LogP) is 2.92. The second-order valence-corrected chi connectivity index (χ2v) is 5.74. The first-order valence-electron chi connectivity index (χ1n) is 6.95. The minimum atomic E-state index is -0.379. The Kier molecular flexibility index (Phi) is 4.10. The van der Waals surface area contributed by atoms with Gasteiger partial charge >= 0.3 is 0 Å². The lowest BCUT2D eigenvalue weighted by Gasteiger charge is -2.00. The Bertz CT molecular complexity index is 795. The molecule has 6 nitrogen and oxygen atoms in total. The SMILES string of the molecule is CCCCc1nnc2sc(NC(=O)c3ccc(F)cc3)nn12. The number of hydrogen-bond acceptors (Lipinski definition) is 5. The molecule has 0 bridgehead atoms. The van der Waals surface area contributed by atoms with Crippen LogP contribution in [0.2, 0.25) is 0 Å². The van der Waals surface area contributed by atoms with Crippen LogP contribution in [0.25, 0.3) is 4.96 Å². The molecule has 0 aliphatic rings. The number of amides is 1. The normalized spacial score (nSPS) is 11.0. The first-order valence-corrected chi connectivity index (χ1v) is 7.77. The largest absolute Gasteiger partial charge is 0.296 e. The lowest BCUT2D eigenvalue weighted by atomic mass is 10.2. The van der Waals surface area contributed by atoms with Crippen LogP contribution >= 0.6 is 11.3 Å². The molecule has 3 aromatic rings. The minimum absolute atomic E-state index is 0.333. The molecule has 1 aromatic carbocycles. The van der Waals surface area contributed by atoms with Crippen molar-refractivity contribution < 1.29 is 9.18 Å². The van der Waals surface area contributed by atoms with E-state index >= 15 is 0 Å². The van der Waals surface area contributed by atoms with Crippen LogP contribution in [0.3, 0.4) is 0 Å². The molecule has 0 aliphatic carbocycles. The number of carbonyl (C=O) groups is 1. The van der Waals surface area contributed by atoms with Gasteiger partial charge in [0.25, 0.3) is 5.91 Å². The first-order chi connectivity index (χ1) is 10.7. The standard InChI is InChI=1S/C14H14FN5OS/c1-2-3-4-11-17-18-14-20(11)19-13(22-14)16-12(21)9-5-7-10(15)8-6-9/h5-8H,2-4H2,1H3,(H,16,19,21). The van der Waals surface area contributed by atoms with Gasteiger partial charge in [-0.2, -0.15) is 4.52 Å². The summed E-state index contributed by atoms with van der Waals surface area (Å²) in [6.07, 6.45) is 2.87. The molecule has 22 heavy (non-hydrogen) atoms. The topological polar surface area (TPSA) is 72.2 Å². The maximum absolute atomic E-state index is 12.9. The summed E-state index contributed by atoms with van der Waals surface area (Å²) in [7, 11) is 0. The number of nitrogens with zero attached hydrogens (tertiary/aromatic N) is 4. The van der Waals surface area contributed by atoms with Gasteiger partial charge in [-0.05, 0) is 30.7 Å². The number of carbonyl (C=O) groups excluding carboxylic acids is 1. The summed E-state index contributed by atoms with van der Waals surface area (Å²) in [5.74, 6) is 0.0753. The number of nitrogens with one attached hydrogen (secondary N) is 1. The minimum Gasteiger partial charge on any atom is -0.296 e. The highest BCUT2D eigenvalue weighted by atomic mass is 32.1.